The van der Waals surface area contributed by atoms with Crippen LogP contribution in [0.15, 0.2) is 88.2 Å². The molecule has 3 aromatic carbocycles. The molecule has 0 bridgehead atoms. The lowest BCUT2D eigenvalue weighted by molar-refractivity contribution is -0.139. The average Bonchev–Trinajstić information content (AvgIpc) is 2.90. The fraction of sp³-hybridized carbons (Fsp3) is 0.259. The zero-order chi connectivity index (χ0) is 27.0. The number of anilines is 1. The maximum absolute atomic E-state index is 13.8. The molecule has 0 spiro atoms. The van der Waals surface area contributed by atoms with Gasteiger partial charge in [0.05, 0.1) is 10.6 Å². The van der Waals surface area contributed by atoms with E-state index in [4.69, 9.17) is 11.6 Å². The summed E-state index contributed by atoms with van der Waals surface area (Å²) in [4.78, 5) is 28.1. The Kier molecular flexibility index (Phi) is 10.1. The van der Waals surface area contributed by atoms with Crippen molar-refractivity contribution in [3.8, 4) is 0 Å². The van der Waals surface area contributed by atoms with Crippen LogP contribution in [0.25, 0.3) is 0 Å². The number of amides is 2. The predicted molar refractivity (Wildman–Crippen MR) is 150 cm³/mol. The number of carbonyl (C=O) groups is 2. The van der Waals surface area contributed by atoms with Gasteiger partial charge < -0.3 is 10.2 Å². The third-order valence-corrected chi connectivity index (χ3v) is 8.43. The van der Waals surface area contributed by atoms with Gasteiger partial charge in [-0.2, -0.15) is 0 Å². The Morgan fingerprint density at radius 2 is 1.59 bits per heavy atom. The van der Waals surface area contributed by atoms with Crippen molar-refractivity contribution in [2.45, 2.75) is 37.8 Å². The van der Waals surface area contributed by atoms with Gasteiger partial charge in [0, 0.05) is 22.6 Å². The van der Waals surface area contributed by atoms with Gasteiger partial charge in [-0.05, 0) is 61.4 Å². The first-order valence-electron chi connectivity index (χ1n) is 11.8. The van der Waals surface area contributed by atoms with E-state index in [2.05, 4.69) is 21.2 Å². The van der Waals surface area contributed by atoms with Gasteiger partial charge in [0.2, 0.25) is 11.8 Å². The Hall–Kier alpha value is -2.88. The molecule has 10 heteroatoms. The average molecular weight is 607 g/mol. The lowest BCUT2D eigenvalue weighted by Crippen LogP contribution is -2.51. The van der Waals surface area contributed by atoms with Gasteiger partial charge >= 0.3 is 0 Å². The Morgan fingerprint density at radius 1 is 0.973 bits per heavy atom. The summed E-state index contributed by atoms with van der Waals surface area (Å²) in [6.45, 7) is 3.55. The van der Waals surface area contributed by atoms with Crippen molar-refractivity contribution in [3.63, 3.8) is 0 Å². The van der Waals surface area contributed by atoms with Crippen molar-refractivity contribution in [2.24, 2.45) is 0 Å². The number of benzene rings is 3. The molecule has 0 aliphatic carbocycles. The van der Waals surface area contributed by atoms with Crippen LogP contribution in [0, 0.1) is 0 Å². The van der Waals surface area contributed by atoms with Gasteiger partial charge in [0.1, 0.15) is 12.6 Å². The van der Waals surface area contributed by atoms with Crippen molar-refractivity contribution in [3.05, 3.63) is 93.9 Å². The second kappa shape index (κ2) is 13.1. The SMILES string of the molecule is CCCNC(=O)[C@@H](C)N(Cc1ccccc1Cl)C(=O)CN(c1ccc(Br)cc1)S(=O)(=O)c1ccccc1. The Bertz CT molecular complexity index is 1320. The molecule has 2 amide bonds. The lowest BCUT2D eigenvalue weighted by atomic mass is 10.1. The van der Waals surface area contributed by atoms with Gasteiger partial charge in [0.15, 0.2) is 0 Å². The van der Waals surface area contributed by atoms with E-state index in [1.54, 1.807) is 73.7 Å². The standard InChI is InChI=1S/C27H29BrClN3O4S/c1-3-17-30-27(34)20(2)31(18-21-9-7-8-12-25(21)29)26(33)19-32(23-15-13-22(28)14-16-23)37(35,36)24-10-5-4-6-11-24/h4-16,20H,3,17-19H2,1-2H3,(H,30,34)/t20-/m1/s1. The largest absolute Gasteiger partial charge is 0.354 e. The third kappa shape index (κ3) is 7.34. The number of halogens is 2. The van der Waals surface area contributed by atoms with Crippen LogP contribution < -0.4 is 9.62 Å². The predicted octanol–water partition coefficient (Wildman–Crippen LogP) is 5.24. The van der Waals surface area contributed by atoms with Crippen molar-refractivity contribution in [2.75, 3.05) is 17.4 Å². The summed E-state index contributed by atoms with van der Waals surface area (Å²) in [6, 6.07) is 20.8. The van der Waals surface area contributed by atoms with E-state index < -0.39 is 28.5 Å². The molecular weight excluding hydrogens is 578 g/mol. The van der Waals surface area contributed by atoms with Gasteiger partial charge in [0.25, 0.3) is 10.0 Å². The third-order valence-electron chi connectivity index (χ3n) is 5.74. The summed E-state index contributed by atoms with van der Waals surface area (Å²) in [6.07, 6.45) is 0.740. The van der Waals surface area contributed by atoms with Gasteiger partial charge in [-0.15, -0.1) is 0 Å². The minimum absolute atomic E-state index is 0.0405. The first kappa shape index (κ1) is 28.7. The highest BCUT2D eigenvalue weighted by molar-refractivity contribution is 9.10. The fourth-order valence-electron chi connectivity index (χ4n) is 3.64. The van der Waals surface area contributed by atoms with Gasteiger partial charge in [-0.3, -0.25) is 13.9 Å². The molecule has 37 heavy (non-hydrogen) atoms. The molecule has 7 nitrogen and oxygen atoms in total. The van der Waals surface area contributed by atoms with Crippen molar-refractivity contribution < 1.29 is 18.0 Å². The highest BCUT2D eigenvalue weighted by Crippen LogP contribution is 2.26. The summed E-state index contributed by atoms with van der Waals surface area (Å²) in [7, 11) is -4.09. The molecule has 1 atom stereocenters. The number of nitrogens with zero attached hydrogens (tertiary/aromatic N) is 2. The summed E-state index contributed by atoms with van der Waals surface area (Å²) in [5, 5.41) is 3.26. The Labute approximate surface area is 231 Å². The Morgan fingerprint density at radius 3 is 2.22 bits per heavy atom. The van der Waals surface area contributed by atoms with Crippen LogP contribution in [-0.4, -0.2) is 44.3 Å². The molecule has 0 unspecified atom stereocenters. The van der Waals surface area contributed by atoms with Crippen molar-refractivity contribution in [1.29, 1.82) is 0 Å². The summed E-state index contributed by atoms with van der Waals surface area (Å²) < 4.78 is 29.2. The highest BCUT2D eigenvalue weighted by atomic mass is 79.9. The molecule has 0 saturated carbocycles. The molecule has 1 N–H and O–H groups in total. The molecule has 0 heterocycles. The molecule has 0 aliphatic heterocycles. The molecule has 0 aromatic heterocycles. The summed E-state index contributed by atoms with van der Waals surface area (Å²) in [5.41, 5.74) is 0.968. The number of nitrogens with one attached hydrogen (secondary N) is 1. The highest BCUT2D eigenvalue weighted by Gasteiger charge is 2.32. The van der Waals surface area contributed by atoms with Crippen molar-refractivity contribution >= 4 is 55.1 Å². The topological polar surface area (TPSA) is 86.8 Å². The maximum Gasteiger partial charge on any atom is 0.264 e. The quantitative estimate of drug-likeness (QED) is 0.323. The zero-order valence-electron chi connectivity index (χ0n) is 20.6. The first-order chi connectivity index (χ1) is 17.6. The number of carbonyl (C=O) groups excluding carboxylic acids is 2. The zero-order valence-corrected chi connectivity index (χ0v) is 23.8. The number of hydrogen-bond donors (Lipinski definition) is 1. The van der Waals surface area contributed by atoms with E-state index in [0.717, 1.165) is 15.2 Å². The van der Waals surface area contributed by atoms with E-state index in [-0.39, 0.29) is 17.3 Å². The van der Waals surface area contributed by atoms with Crippen LogP contribution >= 0.6 is 27.5 Å². The Balaban J connectivity index is 2.01. The minimum Gasteiger partial charge on any atom is -0.354 e. The molecular formula is C27H29BrClN3O4S. The number of sulfonamides is 1. The monoisotopic (exact) mass is 605 g/mol. The molecule has 0 aliphatic rings. The second-order valence-corrected chi connectivity index (χ2v) is 11.6. The van der Waals surface area contributed by atoms with E-state index in [0.29, 0.717) is 22.8 Å². The molecule has 0 saturated heterocycles. The molecule has 0 fully saturated rings. The van der Waals surface area contributed by atoms with Gasteiger partial charge in [-0.1, -0.05) is 70.9 Å². The molecule has 3 rings (SSSR count). The van der Waals surface area contributed by atoms with Crippen LogP contribution in [-0.2, 0) is 26.2 Å². The number of rotatable bonds is 11. The fourth-order valence-corrected chi connectivity index (χ4v) is 5.54. The minimum atomic E-state index is -4.09. The molecule has 0 radical (unpaired) electrons. The van der Waals surface area contributed by atoms with E-state index in [1.165, 1.54) is 17.0 Å². The maximum atomic E-state index is 13.8. The summed E-state index contributed by atoms with van der Waals surface area (Å²) in [5.74, 6) is -0.871. The smallest absolute Gasteiger partial charge is 0.264 e. The van der Waals surface area contributed by atoms with E-state index in [9.17, 15) is 18.0 Å². The second-order valence-electron chi connectivity index (χ2n) is 8.38. The van der Waals surface area contributed by atoms with Crippen molar-refractivity contribution in [1.82, 2.24) is 10.2 Å². The van der Waals surface area contributed by atoms with E-state index >= 15 is 0 Å². The van der Waals surface area contributed by atoms with Crippen LogP contribution in [0.1, 0.15) is 25.8 Å². The van der Waals surface area contributed by atoms with Crippen LogP contribution in [0.4, 0.5) is 5.69 Å². The molecule has 3 aromatic rings. The van der Waals surface area contributed by atoms with Crippen LogP contribution in [0.3, 0.4) is 0 Å². The first-order valence-corrected chi connectivity index (χ1v) is 14.4. The summed E-state index contributed by atoms with van der Waals surface area (Å²) >= 11 is 9.72. The van der Waals surface area contributed by atoms with Crippen LogP contribution in [0.5, 0.6) is 0 Å². The van der Waals surface area contributed by atoms with E-state index in [1.807, 2.05) is 6.92 Å². The van der Waals surface area contributed by atoms with Gasteiger partial charge in [-0.25, -0.2) is 8.42 Å². The molecule has 196 valence electrons. The van der Waals surface area contributed by atoms with Crippen LogP contribution in [0.2, 0.25) is 5.02 Å². The lowest BCUT2D eigenvalue weighted by Gasteiger charge is -2.32. The normalized spacial score (nSPS) is 12.0. The number of hydrogen-bond acceptors (Lipinski definition) is 4.